The van der Waals surface area contributed by atoms with E-state index in [1.165, 1.54) is 16.8 Å². The van der Waals surface area contributed by atoms with Gasteiger partial charge in [0.25, 0.3) is 0 Å². The Kier molecular flexibility index (Phi) is 6.25. The predicted molar refractivity (Wildman–Crippen MR) is 92.0 cm³/mol. The molecule has 2 rings (SSSR count). The molecule has 24 heavy (non-hydrogen) atoms. The average Bonchev–Trinajstić information content (AvgIpc) is 3.11. The Labute approximate surface area is 144 Å². The molecule has 1 atom stereocenters. The van der Waals surface area contributed by atoms with Gasteiger partial charge in [-0.2, -0.15) is 0 Å². The first-order valence-corrected chi connectivity index (χ1v) is 8.35. The van der Waals surface area contributed by atoms with Crippen molar-refractivity contribution < 1.29 is 14.3 Å². The van der Waals surface area contributed by atoms with Crippen LogP contribution in [0.1, 0.15) is 31.4 Å². The third-order valence-corrected chi connectivity index (χ3v) is 4.33. The highest BCUT2D eigenvalue weighted by Gasteiger charge is 2.19. The fraction of sp³-hybridized carbons (Fsp3) is 0.375. The van der Waals surface area contributed by atoms with Crippen LogP contribution >= 0.6 is 11.3 Å². The second-order valence-electron chi connectivity index (χ2n) is 5.25. The highest BCUT2D eigenvalue weighted by atomic mass is 32.1. The molecule has 0 spiro atoms. The third kappa shape index (κ3) is 4.76. The zero-order valence-corrected chi connectivity index (χ0v) is 14.7. The van der Waals surface area contributed by atoms with Gasteiger partial charge in [0.15, 0.2) is 0 Å². The number of rotatable bonds is 7. The van der Waals surface area contributed by atoms with E-state index in [0.29, 0.717) is 5.13 Å². The van der Waals surface area contributed by atoms with Gasteiger partial charge in [-0.05, 0) is 24.6 Å². The average molecular weight is 348 g/mol. The van der Waals surface area contributed by atoms with E-state index in [-0.39, 0.29) is 30.7 Å². The molecule has 2 amide bonds. The number of benzene rings is 1. The maximum absolute atomic E-state index is 12.3. The van der Waals surface area contributed by atoms with Crippen LogP contribution in [0, 0.1) is 0 Å². The number of amides is 2. The predicted octanol–water partition coefficient (Wildman–Crippen LogP) is 2.49. The molecular formula is C16H20N4O3S. The summed E-state index contributed by atoms with van der Waals surface area (Å²) in [5, 5.41) is 10.4. The van der Waals surface area contributed by atoms with Gasteiger partial charge in [0.05, 0.1) is 13.2 Å². The number of methoxy groups -OCH3 is 1. The van der Waals surface area contributed by atoms with Crippen molar-refractivity contribution in [2.45, 2.75) is 25.8 Å². The molecule has 7 nitrogen and oxygen atoms in total. The molecule has 0 aliphatic rings. The smallest absolute Gasteiger partial charge is 0.226 e. The standard InChI is InChI=1S/C16H20N4O3S/c1-11(12-5-4-6-13(9-12)23-3)20(2)15(22)8-7-14(21)18-16-19-17-10-24-16/h4-6,9-11H,7-8H2,1-3H3,(H,18,19,21). The Morgan fingerprint density at radius 3 is 2.83 bits per heavy atom. The molecule has 0 aliphatic heterocycles. The Balaban J connectivity index is 1.87. The topological polar surface area (TPSA) is 84.4 Å². The summed E-state index contributed by atoms with van der Waals surface area (Å²) in [7, 11) is 3.34. The highest BCUT2D eigenvalue weighted by molar-refractivity contribution is 7.13. The molecule has 1 unspecified atom stereocenters. The third-order valence-electron chi connectivity index (χ3n) is 3.72. The minimum Gasteiger partial charge on any atom is -0.497 e. The number of aromatic nitrogens is 2. The number of anilines is 1. The molecule has 0 bridgehead atoms. The molecule has 0 saturated carbocycles. The van der Waals surface area contributed by atoms with Crippen molar-refractivity contribution in [3.05, 3.63) is 35.3 Å². The molecular weight excluding hydrogens is 328 g/mol. The summed E-state index contributed by atoms with van der Waals surface area (Å²) in [6, 6.07) is 7.48. The largest absolute Gasteiger partial charge is 0.497 e. The number of hydrogen-bond acceptors (Lipinski definition) is 6. The SMILES string of the molecule is COc1cccc(C(C)N(C)C(=O)CCC(=O)Nc2nncs2)c1. The Bertz CT molecular complexity index is 690. The van der Waals surface area contributed by atoms with E-state index in [9.17, 15) is 9.59 Å². The molecule has 8 heteroatoms. The van der Waals surface area contributed by atoms with Crippen LogP contribution in [-0.2, 0) is 9.59 Å². The number of ether oxygens (including phenoxy) is 1. The van der Waals surface area contributed by atoms with Crippen LogP contribution in [-0.4, -0.2) is 41.1 Å². The second kappa shape index (κ2) is 8.39. The van der Waals surface area contributed by atoms with E-state index in [1.807, 2.05) is 31.2 Å². The molecule has 1 heterocycles. The normalized spacial score (nSPS) is 11.6. The molecule has 0 saturated heterocycles. The van der Waals surface area contributed by atoms with Gasteiger partial charge >= 0.3 is 0 Å². The molecule has 1 aromatic heterocycles. The molecule has 0 fully saturated rings. The van der Waals surface area contributed by atoms with E-state index < -0.39 is 0 Å². The van der Waals surface area contributed by atoms with Crippen molar-refractivity contribution in [3.63, 3.8) is 0 Å². The zero-order valence-electron chi connectivity index (χ0n) is 13.9. The minimum absolute atomic E-state index is 0.0993. The van der Waals surface area contributed by atoms with E-state index in [0.717, 1.165) is 11.3 Å². The van der Waals surface area contributed by atoms with Crippen LogP contribution in [0.25, 0.3) is 0 Å². The number of nitrogens with one attached hydrogen (secondary N) is 1. The summed E-state index contributed by atoms with van der Waals surface area (Å²) in [4.78, 5) is 25.7. The van der Waals surface area contributed by atoms with Crippen LogP contribution in [0.15, 0.2) is 29.8 Å². The first-order valence-electron chi connectivity index (χ1n) is 7.47. The van der Waals surface area contributed by atoms with Crippen LogP contribution < -0.4 is 10.1 Å². The summed E-state index contributed by atoms with van der Waals surface area (Å²) >= 11 is 1.24. The molecule has 1 aromatic carbocycles. The van der Waals surface area contributed by atoms with Gasteiger partial charge in [-0.25, -0.2) is 0 Å². The lowest BCUT2D eigenvalue weighted by Gasteiger charge is -2.25. The number of carbonyl (C=O) groups excluding carboxylic acids is 2. The van der Waals surface area contributed by atoms with Crippen molar-refractivity contribution in [3.8, 4) is 5.75 Å². The fourth-order valence-electron chi connectivity index (χ4n) is 2.15. The second-order valence-corrected chi connectivity index (χ2v) is 6.08. The van der Waals surface area contributed by atoms with Gasteiger partial charge in [-0.1, -0.05) is 23.5 Å². The summed E-state index contributed by atoms with van der Waals surface area (Å²) in [5.41, 5.74) is 2.51. The first-order chi connectivity index (χ1) is 11.5. The Morgan fingerprint density at radius 1 is 1.38 bits per heavy atom. The van der Waals surface area contributed by atoms with Gasteiger partial charge in [0.2, 0.25) is 16.9 Å². The van der Waals surface area contributed by atoms with Gasteiger partial charge in [-0.3, -0.25) is 9.59 Å². The van der Waals surface area contributed by atoms with Gasteiger partial charge in [0, 0.05) is 19.9 Å². The van der Waals surface area contributed by atoms with Crippen molar-refractivity contribution in [1.29, 1.82) is 0 Å². The van der Waals surface area contributed by atoms with Crippen molar-refractivity contribution in [1.82, 2.24) is 15.1 Å². The molecule has 0 radical (unpaired) electrons. The maximum Gasteiger partial charge on any atom is 0.226 e. The monoisotopic (exact) mass is 348 g/mol. The lowest BCUT2D eigenvalue weighted by atomic mass is 10.1. The number of hydrogen-bond donors (Lipinski definition) is 1. The van der Waals surface area contributed by atoms with E-state index in [4.69, 9.17) is 4.74 Å². The van der Waals surface area contributed by atoms with Crippen molar-refractivity contribution in [2.75, 3.05) is 19.5 Å². The lowest BCUT2D eigenvalue weighted by Crippen LogP contribution is -2.30. The summed E-state index contributed by atoms with van der Waals surface area (Å²) < 4.78 is 5.21. The molecule has 1 N–H and O–H groups in total. The quantitative estimate of drug-likeness (QED) is 0.831. The van der Waals surface area contributed by atoms with E-state index in [1.54, 1.807) is 19.1 Å². The minimum atomic E-state index is -0.248. The van der Waals surface area contributed by atoms with Crippen molar-refractivity contribution >= 4 is 28.3 Å². The van der Waals surface area contributed by atoms with Crippen LogP contribution in [0.4, 0.5) is 5.13 Å². The molecule has 0 aliphatic carbocycles. The van der Waals surface area contributed by atoms with E-state index in [2.05, 4.69) is 15.5 Å². The van der Waals surface area contributed by atoms with Crippen LogP contribution in [0.3, 0.4) is 0 Å². The van der Waals surface area contributed by atoms with Gasteiger partial charge in [0.1, 0.15) is 11.3 Å². The van der Waals surface area contributed by atoms with Gasteiger partial charge < -0.3 is 15.0 Å². The fourth-order valence-corrected chi connectivity index (χ4v) is 2.61. The summed E-state index contributed by atoms with van der Waals surface area (Å²) in [6.07, 6.45) is 0.239. The van der Waals surface area contributed by atoms with Crippen LogP contribution in [0.5, 0.6) is 5.75 Å². The van der Waals surface area contributed by atoms with Gasteiger partial charge in [-0.15, -0.1) is 10.2 Å². The highest BCUT2D eigenvalue weighted by Crippen LogP contribution is 2.23. The Morgan fingerprint density at radius 2 is 2.17 bits per heavy atom. The number of carbonyl (C=O) groups is 2. The van der Waals surface area contributed by atoms with E-state index >= 15 is 0 Å². The summed E-state index contributed by atoms with van der Waals surface area (Å²) in [5.74, 6) is 0.400. The zero-order chi connectivity index (χ0) is 17.5. The Hall–Kier alpha value is -2.48. The van der Waals surface area contributed by atoms with Crippen LogP contribution in [0.2, 0.25) is 0 Å². The maximum atomic E-state index is 12.3. The first kappa shape index (κ1) is 17.9. The van der Waals surface area contributed by atoms with Crippen molar-refractivity contribution in [2.24, 2.45) is 0 Å². The lowest BCUT2D eigenvalue weighted by molar-refractivity contribution is -0.133. The molecule has 2 aromatic rings. The number of nitrogens with zero attached hydrogens (tertiary/aromatic N) is 3. The molecule has 128 valence electrons. The summed E-state index contributed by atoms with van der Waals surface area (Å²) in [6.45, 7) is 1.94.